The van der Waals surface area contributed by atoms with Gasteiger partial charge in [0.05, 0.1) is 6.42 Å². The highest BCUT2D eigenvalue weighted by molar-refractivity contribution is 5.84. The summed E-state index contributed by atoms with van der Waals surface area (Å²) in [5.74, 6) is -2.03. The fourth-order valence-corrected chi connectivity index (χ4v) is 2.98. The topological polar surface area (TPSA) is 113 Å². The number of rotatable bonds is 6. The lowest BCUT2D eigenvalue weighted by molar-refractivity contribution is -0.160. The molecular weight excluding hydrogens is 380 g/mol. The first kappa shape index (κ1) is 24.7. The zero-order valence-corrected chi connectivity index (χ0v) is 18.3. The zero-order chi connectivity index (χ0) is 22.4. The summed E-state index contributed by atoms with van der Waals surface area (Å²) in [5.41, 5.74) is -1.28. The number of piperidine rings is 1. The number of ether oxygens (including phenoxy) is 2. The number of carbonyl (C=O) groups excluding carboxylic acids is 3. The van der Waals surface area contributed by atoms with Gasteiger partial charge in [-0.2, -0.15) is 0 Å². The van der Waals surface area contributed by atoms with Crippen LogP contribution in [0.1, 0.15) is 67.2 Å². The quantitative estimate of drug-likeness (QED) is 0.664. The summed E-state index contributed by atoms with van der Waals surface area (Å²) >= 11 is 0. The molecule has 0 atom stereocenters. The second-order valence-corrected chi connectivity index (χ2v) is 9.20. The molecule has 0 aromatic carbocycles. The minimum atomic E-state index is -1.07. The average molecular weight is 414 g/mol. The Morgan fingerprint density at radius 1 is 0.931 bits per heavy atom. The van der Waals surface area contributed by atoms with Crippen LogP contribution in [-0.4, -0.2) is 75.7 Å². The summed E-state index contributed by atoms with van der Waals surface area (Å²) in [6.07, 6.45) is 0.0406. The van der Waals surface area contributed by atoms with Crippen LogP contribution in [-0.2, 0) is 23.9 Å². The molecule has 29 heavy (non-hydrogen) atoms. The van der Waals surface area contributed by atoms with E-state index in [-0.39, 0.29) is 25.4 Å². The Kier molecular flexibility index (Phi) is 8.47. The molecular formula is C20H34N2O7. The third-order valence-corrected chi connectivity index (χ3v) is 4.15. The Balaban J connectivity index is 2.78. The Hall–Kier alpha value is -2.32. The fraction of sp³-hybridized carbons (Fsp3) is 0.800. The van der Waals surface area contributed by atoms with Crippen LogP contribution in [0.5, 0.6) is 0 Å². The van der Waals surface area contributed by atoms with Gasteiger partial charge >= 0.3 is 18.0 Å². The number of carboxylic acid groups (broad SMARTS) is 1. The van der Waals surface area contributed by atoms with E-state index in [0.717, 1.165) is 0 Å². The van der Waals surface area contributed by atoms with Gasteiger partial charge in [-0.15, -0.1) is 0 Å². The molecule has 0 aromatic rings. The predicted molar refractivity (Wildman–Crippen MR) is 105 cm³/mol. The van der Waals surface area contributed by atoms with Crippen LogP contribution in [0.2, 0.25) is 0 Å². The second-order valence-electron chi connectivity index (χ2n) is 9.20. The molecule has 0 unspecified atom stereocenters. The Bertz CT molecular complexity index is 611. The minimum Gasteiger partial charge on any atom is -0.481 e. The summed E-state index contributed by atoms with van der Waals surface area (Å²) in [7, 11) is 0. The highest BCUT2D eigenvalue weighted by Crippen LogP contribution is 2.21. The highest BCUT2D eigenvalue weighted by atomic mass is 16.6. The molecule has 1 aliphatic rings. The van der Waals surface area contributed by atoms with Crippen molar-refractivity contribution in [3.05, 3.63) is 0 Å². The van der Waals surface area contributed by atoms with Gasteiger partial charge in [-0.05, 0) is 54.4 Å². The summed E-state index contributed by atoms with van der Waals surface area (Å²) in [6.45, 7) is 11.1. The van der Waals surface area contributed by atoms with Gasteiger partial charge < -0.3 is 24.4 Å². The van der Waals surface area contributed by atoms with E-state index in [1.807, 2.05) is 0 Å². The third kappa shape index (κ3) is 9.62. The SMILES string of the molecule is CC(C)(C)OC(=O)CN(C(=O)CCC(=O)O)C1CCN(C(=O)OC(C)(C)C)CC1. The molecule has 1 fully saturated rings. The number of aliphatic carboxylic acids is 1. The maximum absolute atomic E-state index is 12.6. The lowest BCUT2D eigenvalue weighted by Gasteiger charge is -2.38. The van der Waals surface area contributed by atoms with Crippen molar-refractivity contribution < 1.29 is 33.8 Å². The van der Waals surface area contributed by atoms with Crippen LogP contribution in [0.15, 0.2) is 0 Å². The number of likely N-dealkylation sites (tertiary alicyclic amines) is 1. The molecule has 166 valence electrons. The van der Waals surface area contributed by atoms with Crippen molar-refractivity contribution in [1.29, 1.82) is 0 Å². The fourth-order valence-electron chi connectivity index (χ4n) is 2.98. The molecule has 2 amide bonds. The van der Waals surface area contributed by atoms with E-state index >= 15 is 0 Å². The molecule has 1 aliphatic heterocycles. The van der Waals surface area contributed by atoms with Crippen molar-refractivity contribution in [3.8, 4) is 0 Å². The number of carbonyl (C=O) groups is 4. The number of amides is 2. The molecule has 9 heteroatoms. The van der Waals surface area contributed by atoms with E-state index in [0.29, 0.717) is 25.9 Å². The first-order valence-corrected chi connectivity index (χ1v) is 9.89. The van der Waals surface area contributed by atoms with Crippen molar-refractivity contribution in [2.75, 3.05) is 19.6 Å². The van der Waals surface area contributed by atoms with Gasteiger partial charge in [-0.3, -0.25) is 14.4 Å². The third-order valence-electron chi connectivity index (χ3n) is 4.15. The number of esters is 1. The van der Waals surface area contributed by atoms with Gasteiger partial charge in [0.2, 0.25) is 5.91 Å². The van der Waals surface area contributed by atoms with E-state index in [9.17, 15) is 19.2 Å². The maximum Gasteiger partial charge on any atom is 0.410 e. The van der Waals surface area contributed by atoms with E-state index in [4.69, 9.17) is 14.6 Å². The molecule has 0 radical (unpaired) electrons. The highest BCUT2D eigenvalue weighted by Gasteiger charge is 2.33. The standard InChI is InChI=1S/C20H34N2O7/c1-19(2,3)28-17(26)13-22(15(23)7-8-16(24)25)14-9-11-21(12-10-14)18(27)29-20(4,5)6/h14H,7-13H2,1-6H3,(H,24,25). The van der Waals surface area contributed by atoms with Crippen LogP contribution in [0, 0.1) is 0 Å². The van der Waals surface area contributed by atoms with E-state index < -0.39 is 35.1 Å². The zero-order valence-electron chi connectivity index (χ0n) is 18.3. The molecule has 0 bridgehead atoms. The van der Waals surface area contributed by atoms with E-state index in [2.05, 4.69) is 0 Å². The molecule has 0 aliphatic carbocycles. The van der Waals surface area contributed by atoms with Crippen molar-refractivity contribution in [2.45, 2.75) is 84.5 Å². The second kappa shape index (κ2) is 9.93. The summed E-state index contributed by atoms with van der Waals surface area (Å²) < 4.78 is 10.7. The van der Waals surface area contributed by atoms with Crippen molar-refractivity contribution in [3.63, 3.8) is 0 Å². The number of nitrogens with zero attached hydrogens (tertiary/aromatic N) is 2. The number of hydrogen-bond donors (Lipinski definition) is 1. The summed E-state index contributed by atoms with van der Waals surface area (Å²) in [6, 6.07) is -0.275. The lowest BCUT2D eigenvalue weighted by atomic mass is 10.0. The predicted octanol–water partition coefficient (Wildman–Crippen LogP) is 2.42. The van der Waals surface area contributed by atoms with Crippen LogP contribution >= 0.6 is 0 Å². The molecule has 9 nitrogen and oxygen atoms in total. The monoisotopic (exact) mass is 414 g/mol. The van der Waals surface area contributed by atoms with Gasteiger partial charge in [0.1, 0.15) is 17.7 Å². The van der Waals surface area contributed by atoms with Gasteiger partial charge in [0.25, 0.3) is 0 Å². The summed E-state index contributed by atoms with van der Waals surface area (Å²) in [5, 5.41) is 8.86. The van der Waals surface area contributed by atoms with Gasteiger partial charge in [0, 0.05) is 25.6 Å². The lowest BCUT2D eigenvalue weighted by Crippen LogP contribution is -2.51. The van der Waals surface area contributed by atoms with Crippen molar-refractivity contribution in [2.24, 2.45) is 0 Å². The Morgan fingerprint density at radius 3 is 1.90 bits per heavy atom. The first-order valence-electron chi connectivity index (χ1n) is 9.89. The average Bonchev–Trinajstić information content (AvgIpc) is 2.54. The molecule has 0 aromatic heterocycles. The molecule has 0 spiro atoms. The molecule has 1 N–H and O–H groups in total. The Labute approximate surface area is 172 Å². The molecule has 1 saturated heterocycles. The Morgan fingerprint density at radius 2 is 1.45 bits per heavy atom. The van der Waals surface area contributed by atoms with Crippen LogP contribution in [0.4, 0.5) is 4.79 Å². The van der Waals surface area contributed by atoms with E-state index in [1.165, 1.54) is 4.90 Å². The molecule has 1 heterocycles. The van der Waals surface area contributed by atoms with Crippen LogP contribution in [0.3, 0.4) is 0 Å². The molecule has 0 saturated carbocycles. The maximum atomic E-state index is 12.6. The van der Waals surface area contributed by atoms with Gasteiger partial charge in [-0.1, -0.05) is 0 Å². The van der Waals surface area contributed by atoms with Crippen molar-refractivity contribution >= 4 is 23.9 Å². The number of carboxylic acids is 1. The largest absolute Gasteiger partial charge is 0.481 e. The minimum absolute atomic E-state index is 0.190. The van der Waals surface area contributed by atoms with E-state index in [1.54, 1.807) is 46.4 Å². The number of hydrogen-bond acceptors (Lipinski definition) is 6. The van der Waals surface area contributed by atoms with Crippen LogP contribution in [0.25, 0.3) is 0 Å². The smallest absolute Gasteiger partial charge is 0.410 e. The van der Waals surface area contributed by atoms with Crippen molar-refractivity contribution in [1.82, 2.24) is 9.80 Å². The first-order chi connectivity index (χ1) is 13.2. The van der Waals surface area contributed by atoms with Crippen LogP contribution < -0.4 is 0 Å². The molecule has 1 rings (SSSR count). The van der Waals surface area contributed by atoms with Gasteiger partial charge in [0.15, 0.2) is 0 Å². The summed E-state index contributed by atoms with van der Waals surface area (Å²) in [4.78, 5) is 50.9. The van der Waals surface area contributed by atoms with Gasteiger partial charge in [-0.25, -0.2) is 4.79 Å². The normalized spacial score (nSPS) is 15.6.